The number of aromatic nitrogens is 1. The van der Waals surface area contributed by atoms with Crippen LogP contribution in [-0.2, 0) is 11.2 Å². The number of aliphatic hydroxyl groups is 1. The highest BCUT2D eigenvalue weighted by atomic mass is 16.5. The summed E-state index contributed by atoms with van der Waals surface area (Å²) in [6.45, 7) is 3.97. The molecule has 1 aliphatic rings. The second-order valence-corrected chi connectivity index (χ2v) is 5.68. The number of carbonyl (C=O) groups excluding carboxylic acids is 2. The van der Waals surface area contributed by atoms with Crippen LogP contribution in [0.15, 0.2) is 54.8 Å². The van der Waals surface area contributed by atoms with E-state index in [0.29, 0.717) is 17.9 Å². The number of rotatable bonds is 5. The van der Waals surface area contributed by atoms with Gasteiger partial charge in [0.1, 0.15) is 23.8 Å². The number of methoxy groups -OCH3 is 1. The van der Waals surface area contributed by atoms with Gasteiger partial charge in [0.2, 0.25) is 0 Å². The van der Waals surface area contributed by atoms with E-state index in [1.807, 2.05) is 0 Å². The number of ketones is 1. The molecule has 1 aromatic carbocycles. The van der Waals surface area contributed by atoms with Crippen molar-refractivity contribution in [2.45, 2.75) is 6.42 Å². The van der Waals surface area contributed by atoms with Crippen molar-refractivity contribution in [3.05, 3.63) is 77.1 Å². The van der Waals surface area contributed by atoms with Crippen LogP contribution in [0.5, 0.6) is 5.75 Å². The molecule has 3 rings (SSSR count). The Hall–Kier alpha value is -3.41. The van der Waals surface area contributed by atoms with Gasteiger partial charge in [-0.1, -0.05) is 12.7 Å². The van der Waals surface area contributed by atoms with Crippen LogP contribution in [0, 0.1) is 0 Å². The van der Waals surface area contributed by atoms with Gasteiger partial charge in [0, 0.05) is 23.8 Å². The lowest BCUT2D eigenvalue weighted by molar-refractivity contribution is 0.0600. The number of allylic oxidation sites excluding steroid dienone is 1. The Labute approximate surface area is 150 Å². The Balaban J connectivity index is 1.89. The van der Waals surface area contributed by atoms with Gasteiger partial charge < -0.3 is 14.6 Å². The lowest BCUT2D eigenvalue weighted by atomic mass is 10.1. The summed E-state index contributed by atoms with van der Waals surface area (Å²) in [5, 5.41) is 10.5. The Morgan fingerprint density at radius 1 is 1.35 bits per heavy atom. The standard InChI is InChI=1S/C20H17NO5/c1-3-8-26-14-5-6-15-13(9-14)10-16(18(15)22)19(23)17-7-4-12(11-21-17)20(24)25-2/h3-7,9,11,23H,1,8,10H2,2H3. The highest BCUT2D eigenvalue weighted by Crippen LogP contribution is 2.32. The van der Waals surface area contributed by atoms with Gasteiger partial charge in [0.15, 0.2) is 5.78 Å². The molecule has 0 fully saturated rings. The third-order valence-electron chi connectivity index (χ3n) is 4.04. The molecule has 0 atom stereocenters. The highest BCUT2D eigenvalue weighted by Gasteiger charge is 2.29. The van der Waals surface area contributed by atoms with Crippen molar-refractivity contribution in [2.24, 2.45) is 0 Å². The van der Waals surface area contributed by atoms with Crippen LogP contribution < -0.4 is 4.74 Å². The molecule has 0 spiro atoms. The number of pyridine rings is 1. The maximum atomic E-state index is 12.6. The van der Waals surface area contributed by atoms with E-state index in [1.165, 1.54) is 25.4 Å². The zero-order valence-electron chi connectivity index (χ0n) is 14.2. The van der Waals surface area contributed by atoms with Gasteiger partial charge in [-0.2, -0.15) is 0 Å². The predicted octanol–water partition coefficient (Wildman–Crippen LogP) is 3.14. The van der Waals surface area contributed by atoms with Crippen LogP contribution in [0.4, 0.5) is 0 Å². The van der Waals surface area contributed by atoms with E-state index in [0.717, 1.165) is 5.56 Å². The van der Waals surface area contributed by atoms with E-state index in [2.05, 4.69) is 16.3 Å². The minimum absolute atomic E-state index is 0.198. The Bertz CT molecular complexity index is 912. The number of Topliss-reactive ketones (excluding diaryl/α,β-unsaturated/α-hetero) is 1. The largest absolute Gasteiger partial charge is 0.505 e. The van der Waals surface area contributed by atoms with Crippen LogP contribution in [0.1, 0.15) is 32.0 Å². The summed E-state index contributed by atoms with van der Waals surface area (Å²) in [6, 6.07) is 8.14. The summed E-state index contributed by atoms with van der Waals surface area (Å²) in [4.78, 5) is 28.1. The molecule has 1 aromatic heterocycles. The third-order valence-corrected chi connectivity index (χ3v) is 4.04. The van der Waals surface area contributed by atoms with Crippen LogP contribution in [-0.4, -0.2) is 35.6 Å². The van der Waals surface area contributed by atoms with Crippen molar-refractivity contribution in [3.8, 4) is 5.75 Å². The SMILES string of the molecule is C=CCOc1ccc2c(c1)CC(=C(O)c1ccc(C(=O)OC)cn1)C2=O. The van der Waals surface area contributed by atoms with Gasteiger partial charge in [0.25, 0.3) is 0 Å². The molecular formula is C20H17NO5. The molecule has 1 N–H and O–H groups in total. The first-order chi connectivity index (χ1) is 12.5. The molecule has 132 valence electrons. The number of fused-ring (bicyclic) bond motifs is 1. The summed E-state index contributed by atoms with van der Waals surface area (Å²) < 4.78 is 10.1. The van der Waals surface area contributed by atoms with Gasteiger partial charge in [-0.25, -0.2) is 4.79 Å². The second kappa shape index (κ2) is 7.23. The van der Waals surface area contributed by atoms with Crippen molar-refractivity contribution in [1.82, 2.24) is 4.98 Å². The smallest absolute Gasteiger partial charge is 0.339 e. The minimum Gasteiger partial charge on any atom is -0.505 e. The van der Waals surface area contributed by atoms with E-state index >= 15 is 0 Å². The fraction of sp³-hybridized carbons (Fsp3) is 0.150. The van der Waals surface area contributed by atoms with Crippen molar-refractivity contribution < 1.29 is 24.2 Å². The molecule has 6 heteroatoms. The lowest BCUT2D eigenvalue weighted by Gasteiger charge is -2.04. The number of ether oxygens (including phenoxy) is 2. The Morgan fingerprint density at radius 3 is 2.81 bits per heavy atom. The summed E-state index contributed by atoms with van der Waals surface area (Å²) >= 11 is 0. The van der Waals surface area contributed by atoms with Crippen molar-refractivity contribution in [1.29, 1.82) is 0 Å². The molecule has 0 bridgehead atoms. The van der Waals surface area contributed by atoms with Gasteiger partial charge in [-0.15, -0.1) is 0 Å². The van der Waals surface area contributed by atoms with E-state index in [4.69, 9.17) is 4.74 Å². The summed E-state index contributed by atoms with van der Waals surface area (Å²) in [5.41, 5.74) is 2.06. The maximum absolute atomic E-state index is 12.6. The Morgan fingerprint density at radius 2 is 2.15 bits per heavy atom. The molecule has 1 heterocycles. The normalized spacial score (nSPS) is 14.6. The van der Waals surface area contributed by atoms with Gasteiger partial charge in [0.05, 0.1) is 12.7 Å². The van der Waals surface area contributed by atoms with Crippen molar-refractivity contribution in [2.75, 3.05) is 13.7 Å². The molecule has 0 saturated carbocycles. The number of esters is 1. The van der Waals surface area contributed by atoms with Crippen LogP contribution in [0.25, 0.3) is 5.76 Å². The zero-order valence-corrected chi connectivity index (χ0v) is 14.2. The topological polar surface area (TPSA) is 85.7 Å². The molecule has 0 amide bonds. The fourth-order valence-corrected chi connectivity index (χ4v) is 2.73. The number of carbonyl (C=O) groups is 2. The van der Waals surface area contributed by atoms with Crippen LogP contribution >= 0.6 is 0 Å². The number of hydrogen-bond acceptors (Lipinski definition) is 6. The van der Waals surface area contributed by atoms with Crippen LogP contribution in [0.3, 0.4) is 0 Å². The lowest BCUT2D eigenvalue weighted by Crippen LogP contribution is -2.04. The monoisotopic (exact) mass is 351 g/mol. The van der Waals surface area contributed by atoms with E-state index in [9.17, 15) is 14.7 Å². The van der Waals surface area contributed by atoms with Crippen LogP contribution in [0.2, 0.25) is 0 Å². The molecular weight excluding hydrogens is 334 g/mol. The first-order valence-electron chi connectivity index (χ1n) is 7.93. The van der Waals surface area contributed by atoms with E-state index < -0.39 is 5.97 Å². The zero-order chi connectivity index (χ0) is 18.7. The van der Waals surface area contributed by atoms with Crippen molar-refractivity contribution in [3.63, 3.8) is 0 Å². The third kappa shape index (κ3) is 3.21. The molecule has 1 aliphatic carbocycles. The molecule has 6 nitrogen and oxygen atoms in total. The first-order valence-corrected chi connectivity index (χ1v) is 7.93. The van der Waals surface area contributed by atoms with Gasteiger partial charge in [-0.3, -0.25) is 9.78 Å². The number of hydrogen-bond donors (Lipinski definition) is 1. The quantitative estimate of drug-likeness (QED) is 0.385. The average molecular weight is 351 g/mol. The predicted molar refractivity (Wildman–Crippen MR) is 95.3 cm³/mol. The van der Waals surface area contributed by atoms with E-state index in [1.54, 1.807) is 24.3 Å². The molecule has 0 unspecified atom stereocenters. The number of aliphatic hydroxyl groups excluding tert-OH is 1. The van der Waals surface area contributed by atoms with Gasteiger partial charge >= 0.3 is 5.97 Å². The highest BCUT2D eigenvalue weighted by molar-refractivity contribution is 6.16. The molecule has 26 heavy (non-hydrogen) atoms. The van der Waals surface area contributed by atoms with Crippen molar-refractivity contribution >= 4 is 17.5 Å². The molecule has 2 aromatic rings. The molecule has 0 saturated heterocycles. The summed E-state index contributed by atoms with van der Waals surface area (Å²) in [6.07, 6.45) is 3.22. The summed E-state index contributed by atoms with van der Waals surface area (Å²) in [5.74, 6) is -0.326. The Kier molecular flexibility index (Phi) is 4.84. The summed E-state index contributed by atoms with van der Waals surface area (Å²) in [7, 11) is 1.27. The second-order valence-electron chi connectivity index (χ2n) is 5.68. The molecule has 0 radical (unpaired) electrons. The number of benzene rings is 1. The van der Waals surface area contributed by atoms with E-state index in [-0.39, 0.29) is 34.8 Å². The molecule has 0 aliphatic heterocycles. The number of nitrogens with zero attached hydrogens (tertiary/aromatic N) is 1. The van der Waals surface area contributed by atoms with Gasteiger partial charge in [-0.05, 0) is 35.9 Å². The maximum Gasteiger partial charge on any atom is 0.339 e. The first kappa shape index (κ1) is 17.4. The fourth-order valence-electron chi connectivity index (χ4n) is 2.73. The average Bonchev–Trinajstić information content (AvgIpc) is 3.01. The minimum atomic E-state index is -0.521.